The van der Waals surface area contributed by atoms with Crippen LogP contribution in [0.1, 0.15) is 17.9 Å². The first-order chi connectivity index (χ1) is 8.80. The molecule has 1 aliphatic rings. The van der Waals surface area contributed by atoms with Crippen LogP contribution in [0.15, 0.2) is 18.3 Å². The Balaban J connectivity index is 2.26. The third-order valence-corrected chi connectivity index (χ3v) is 3.10. The van der Waals surface area contributed by atoms with Gasteiger partial charge in [0.15, 0.2) is 0 Å². The zero-order valence-electron chi connectivity index (χ0n) is 9.61. The summed E-state index contributed by atoms with van der Waals surface area (Å²) < 4.78 is 0. The number of pyridine rings is 1. The van der Waals surface area contributed by atoms with E-state index in [1.807, 2.05) is 6.07 Å². The molecule has 0 radical (unpaired) electrons. The van der Waals surface area contributed by atoms with Crippen molar-refractivity contribution < 1.29 is 9.59 Å². The van der Waals surface area contributed by atoms with E-state index in [-0.39, 0.29) is 5.92 Å². The standard InChI is InChI=1S/C12H12N4O2/c13-5-10-4-9(6-16(10)8-18)11-2-1-3-14-12(11)15-7-17/h1-3,7-10H,4,6H2,(H,14,15,17). The van der Waals surface area contributed by atoms with Crippen molar-refractivity contribution >= 4 is 18.6 Å². The number of nitriles is 1. The number of carbonyl (C=O) groups is 2. The lowest BCUT2D eigenvalue weighted by molar-refractivity contribution is -0.118. The fraction of sp³-hybridized carbons (Fsp3) is 0.333. The van der Waals surface area contributed by atoms with Crippen LogP contribution in [0.5, 0.6) is 0 Å². The summed E-state index contributed by atoms with van der Waals surface area (Å²) in [5, 5.41) is 11.5. The molecule has 18 heavy (non-hydrogen) atoms. The van der Waals surface area contributed by atoms with E-state index in [2.05, 4.69) is 16.4 Å². The van der Waals surface area contributed by atoms with Gasteiger partial charge in [0.1, 0.15) is 11.9 Å². The fourth-order valence-electron chi connectivity index (χ4n) is 2.25. The number of amides is 2. The van der Waals surface area contributed by atoms with Gasteiger partial charge in [-0.05, 0) is 18.1 Å². The van der Waals surface area contributed by atoms with Crippen LogP contribution in [-0.4, -0.2) is 35.3 Å². The van der Waals surface area contributed by atoms with Crippen LogP contribution in [0.25, 0.3) is 0 Å². The number of rotatable bonds is 4. The summed E-state index contributed by atoms with van der Waals surface area (Å²) in [6.45, 7) is 0.473. The summed E-state index contributed by atoms with van der Waals surface area (Å²) in [7, 11) is 0. The molecule has 6 heteroatoms. The summed E-state index contributed by atoms with van der Waals surface area (Å²) in [6.07, 6.45) is 3.41. The van der Waals surface area contributed by atoms with E-state index in [9.17, 15) is 9.59 Å². The van der Waals surface area contributed by atoms with E-state index >= 15 is 0 Å². The zero-order valence-corrected chi connectivity index (χ0v) is 9.61. The molecular formula is C12H12N4O2. The highest BCUT2D eigenvalue weighted by molar-refractivity contribution is 5.71. The van der Waals surface area contributed by atoms with Crippen LogP contribution in [0.2, 0.25) is 0 Å². The number of hydrogen-bond acceptors (Lipinski definition) is 4. The number of nitrogens with zero attached hydrogens (tertiary/aromatic N) is 3. The minimum Gasteiger partial charge on any atom is -0.329 e. The van der Waals surface area contributed by atoms with Gasteiger partial charge in [-0.3, -0.25) is 9.59 Å². The monoisotopic (exact) mass is 244 g/mol. The van der Waals surface area contributed by atoms with E-state index in [1.54, 1.807) is 12.3 Å². The summed E-state index contributed by atoms with van der Waals surface area (Å²) >= 11 is 0. The molecule has 1 N–H and O–H groups in total. The van der Waals surface area contributed by atoms with Gasteiger partial charge in [-0.1, -0.05) is 6.07 Å². The van der Waals surface area contributed by atoms with Crippen molar-refractivity contribution in [1.29, 1.82) is 5.26 Å². The van der Waals surface area contributed by atoms with Gasteiger partial charge < -0.3 is 10.2 Å². The molecule has 0 bridgehead atoms. The van der Waals surface area contributed by atoms with Gasteiger partial charge in [-0.15, -0.1) is 0 Å². The van der Waals surface area contributed by atoms with E-state index in [4.69, 9.17) is 5.26 Å². The quantitative estimate of drug-likeness (QED) is 0.781. The molecule has 0 aliphatic carbocycles. The topological polar surface area (TPSA) is 86.1 Å². The van der Waals surface area contributed by atoms with Crippen LogP contribution >= 0.6 is 0 Å². The molecule has 1 aromatic heterocycles. The van der Waals surface area contributed by atoms with Gasteiger partial charge in [0.25, 0.3) is 0 Å². The highest BCUT2D eigenvalue weighted by Gasteiger charge is 2.33. The molecular weight excluding hydrogens is 232 g/mol. The first-order valence-corrected chi connectivity index (χ1v) is 5.56. The van der Waals surface area contributed by atoms with Crippen molar-refractivity contribution in [2.24, 2.45) is 0 Å². The van der Waals surface area contributed by atoms with Crippen LogP contribution < -0.4 is 5.32 Å². The number of aromatic nitrogens is 1. The minimum atomic E-state index is -0.406. The second-order valence-electron chi connectivity index (χ2n) is 4.08. The largest absolute Gasteiger partial charge is 0.329 e. The van der Waals surface area contributed by atoms with Crippen molar-refractivity contribution in [3.8, 4) is 6.07 Å². The maximum Gasteiger partial charge on any atom is 0.212 e. The second kappa shape index (κ2) is 5.27. The molecule has 92 valence electrons. The van der Waals surface area contributed by atoms with Gasteiger partial charge in [0.2, 0.25) is 12.8 Å². The predicted octanol–water partition coefficient (Wildman–Crippen LogP) is 0.488. The first-order valence-electron chi connectivity index (χ1n) is 5.56. The van der Waals surface area contributed by atoms with E-state index in [0.29, 0.717) is 31.6 Å². The van der Waals surface area contributed by atoms with Gasteiger partial charge in [-0.25, -0.2) is 4.98 Å². The van der Waals surface area contributed by atoms with Crippen LogP contribution in [0, 0.1) is 11.3 Å². The lowest BCUT2D eigenvalue weighted by Gasteiger charge is -2.13. The Morgan fingerprint density at radius 1 is 1.56 bits per heavy atom. The van der Waals surface area contributed by atoms with Crippen LogP contribution in [0.4, 0.5) is 5.82 Å². The summed E-state index contributed by atoms with van der Waals surface area (Å²) in [6, 6.07) is 5.32. The molecule has 2 atom stereocenters. The van der Waals surface area contributed by atoms with Crippen LogP contribution in [-0.2, 0) is 9.59 Å². The van der Waals surface area contributed by atoms with Gasteiger partial charge in [0, 0.05) is 18.7 Å². The molecule has 6 nitrogen and oxygen atoms in total. The maximum atomic E-state index is 10.9. The van der Waals surface area contributed by atoms with Gasteiger partial charge in [-0.2, -0.15) is 5.26 Å². The van der Waals surface area contributed by atoms with Crippen molar-refractivity contribution in [2.45, 2.75) is 18.4 Å². The van der Waals surface area contributed by atoms with Crippen molar-refractivity contribution in [2.75, 3.05) is 11.9 Å². The smallest absolute Gasteiger partial charge is 0.212 e. The Hall–Kier alpha value is -2.42. The third-order valence-electron chi connectivity index (χ3n) is 3.10. The second-order valence-corrected chi connectivity index (χ2v) is 4.08. The molecule has 1 saturated heterocycles. The van der Waals surface area contributed by atoms with Gasteiger partial charge in [0.05, 0.1) is 6.07 Å². The molecule has 0 aromatic carbocycles. The van der Waals surface area contributed by atoms with Gasteiger partial charge >= 0.3 is 0 Å². The number of likely N-dealkylation sites (tertiary alicyclic amines) is 1. The molecule has 2 unspecified atom stereocenters. The Morgan fingerprint density at radius 2 is 2.39 bits per heavy atom. The van der Waals surface area contributed by atoms with E-state index in [1.165, 1.54) is 4.90 Å². The molecule has 0 saturated carbocycles. The number of nitrogens with one attached hydrogen (secondary N) is 1. The molecule has 2 amide bonds. The van der Waals surface area contributed by atoms with Crippen molar-refractivity contribution in [3.05, 3.63) is 23.9 Å². The Kier molecular flexibility index (Phi) is 3.53. The van der Waals surface area contributed by atoms with Crippen LogP contribution in [0.3, 0.4) is 0 Å². The average molecular weight is 244 g/mol. The molecule has 2 heterocycles. The van der Waals surface area contributed by atoms with Crippen molar-refractivity contribution in [1.82, 2.24) is 9.88 Å². The third kappa shape index (κ3) is 2.15. The summed E-state index contributed by atoms with van der Waals surface area (Å²) in [5.41, 5.74) is 0.856. The normalized spacial score (nSPS) is 22.3. The molecule has 1 aliphatic heterocycles. The lowest BCUT2D eigenvalue weighted by atomic mass is 9.97. The Bertz CT molecular complexity index is 497. The lowest BCUT2D eigenvalue weighted by Crippen LogP contribution is -2.26. The molecule has 2 rings (SSSR count). The Labute approximate surface area is 104 Å². The zero-order chi connectivity index (χ0) is 13.0. The minimum absolute atomic E-state index is 0.0241. The number of carbonyl (C=O) groups excluding carboxylic acids is 2. The average Bonchev–Trinajstić information content (AvgIpc) is 2.83. The number of anilines is 1. The highest BCUT2D eigenvalue weighted by atomic mass is 16.1. The maximum absolute atomic E-state index is 10.9. The molecule has 0 spiro atoms. The van der Waals surface area contributed by atoms with E-state index in [0.717, 1.165) is 5.56 Å². The Morgan fingerprint density at radius 3 is 3.00 bits per heavy atom. The predicted molar refractivity (Wildman–Crippen MR) is 63.5 cm³/mol. The number of hydrogen-bond donors (Lipinski definition) is 1. The SMILES string of the molecule is N#CC1CC(c2cccnc2NC=O)CN1C=O. The summed E-state index contributed by atoms with van der Waals surface area (Å²) in [5.74, 6) is 0.512. The first kappa shape index (κ1) is 12.0. The molecule has 1 fully saturated rings. The highest BCUT2D eigenvalue weighted by Crippen LogP contribution is 2.33. The van der Waals surface area contributed by atoms with Crippen molar-refractivity contribution in [3.63, 3.8) is 0 Å². The summed E-state index contributed by atoms with van der Waals surface area (Å²) in [4.78, 5) is 26.9. The fourth-order valence-corrected chi connectivity index (χ4v) is 2.25. The van der Waals surface area contributed by atoms with E-state index < -0.39 is 6.04 Å². The molecule has 1 aromatic rings.